The Morgan fingerprint density at radius 1 is 1.37 bits per heavy atom. The van der Waals surface area contributed by atoms with Crippen LogP contribution >= 0.6 is 0 Å². The van der Waals surface area contributed by atoms with Crippen LogP contribution in [0.5, 0.6) is 0 Å². The summed E-state index contributed by atoms with van der Waals surface area (Å²) in [6.07, 6.45) is 6.08. The van der Waals surface area contributed by atoms with Crippen molar-refractivity contribution in [2.75, 3.05) is 5.73 Å². The Balaban J connectivity index is 1.71. The van der Waals surface area contributed by atoms with Gasteiger partial charge in [-0.15, -0.1) is 0 Å². The summed E-state index contributed by atoms with van der Waals surface area (Å²) >= 11 is 0. The number of rotatable bonds is 4. The first-order valence-electron chi connectivity index (χ1n) is 6.52. The molecule has 1 aliphatic carbocycles. The maximum absolute atomic E-state index is 10.2. The number of hydrogen-bond acceptors (Lipinski definition) is 6. The number of imidazole rings is 1. The second-order valence-electron chi connectivity index (χ2n) is 5.24. The molecular weight excluding hydrogens is 244 g/mol. The lowest BCUT2D eigenvalue weighted by Gasteiger charge is -2.33. The highest BCUT2D eigenvalue weighted by molar-refractivity contribution is 5.81. The molecule has 0 saturated heterocycles. The first kappa shape index (κ1) is 12.3. The zero-order valence-corrected chi connectivity index (χ0v) is 10.6. The molecule has 0 aromatic carbocycles. The number of aliphatic hydroxyl groups is 1. The number of aromatic nitrogens is 4. The number of aliphatic hydroxyl groups excluding tert-OH is 1. The second kappa shape index (κ2) is 4.75. The van der Waals surface area contributed by atoms with Crippen molar-refractivity contribution in [3.8, 4) is 0 Å². The molecule has 1 unspecified atom stereocenters. The van der Waals surface area contributed by atoms with Gasteiger partial charge in [-0.3, -0.25) is 4.57 Å². The van der Waals surface area contributed by atoms with Crippen LogP contribution in [0.25, 0.3) is 11.2 Å². The van der Waals surface area contributed by atoms with Crippen LogP contribution in [0.4, 0.5) is 5.82 Å². The molecule has 1 atom stereocenters. The smallest absolute Gasteiger partial charge is 0.167 e. The summed E-state index contributed by atoms with van der Waals surface area (Å²) in [4.78, 5) is 12.2. The molecule has 5 N–H and O–H groups in total. The molecule has 1 fully saturated rings. The highest BCUT2D eigenvalue weighted by Gasteiger charge is 2.26. The van der Waals surface area contributed by atoms with Gasteiger partial charge in [-0.25, -0.2) is 15.0 Å². The van der Waals surface area contributed by atoms with Crippen LogP contribution in [-0.4, -0.2) is 30.7 Å². The predicted octanol–water partition coefficient (Wildman–Crippen LogP) is 0.417. The SMILES string of the molecule is Nc1ncnc2c1ncn2C(O)CCC1CC(N)C1. The third kappa shape index (κ3) is 2.26. The summed E-state index contributed by atoms with van der Waals surface area (Å²) in [6, 6.07) is 0.351. The van der Waals surface area contributed by atoms with Gasteiger partial charge in [0.2, 0.25) is 0 Å². The molecule has 0 bridgehead atoms. The van der Waals surface area contributed by atoms with Gasteiger partial charge in [-0.1, -0.05) is 0 Å². The minimum atomic E-state index is -0.629. The molecule has 0 aliphatic heterocycles. The van der Waals surface area contributed by atoms with Gasteiger partial charge in [-0.2, -0.15) is 0 Å². The molecule has 2 aromatic rings. The minimum absolute atomic E-state index is 0.334. The molecule has 7 heteroatoms. The van der Waals surface area contributed by atoms with E-state index in [0.717, 1.165) is 19.3 Å². The van der Waals surface area contributed by atoms with Crippen molar-refractivity contribution in [2.24, 2.45) is 11.7 Å². The van der Waals surface area contributed by atoms with Crippen LogP contribution < -0.4 is 11.5 Å². The summed E-state index contributed by atoms with van der Waals surface area (Å²) in [7, 11) is 0. The summed E-state index contributed by atoms with van der Waals surface area (Å²) < 4.78 is 1.64. The fourth-order valence-corrected chi connectivity index (χ4v) is 2.63. The summed E-state index contributed by atoms with van der Waals surface area (Å²) in [6.45, 7) is 0. The van der Waals surface area contributed by atoms with E-state index in [1.54, 1.807) is 10.9 Å². The average Bonchev–Trinajstić information content (AvgIpc) is 2.78. The van der Waals surface area contributed by atoms with Gasteiger partial charge in [0.25, 0.3) is 0 Å². The number of fused-ring (bicyclic) bond motifs is 1. The number of hydrogen-bond donors (Lipinski definition) is 3. The topological polar surface area (TPSA) is 116 Å². The van der Waals surface area contributed by atoms with Gasteiger partial charge in [0, 0.05) is 6.04 Å². The van der Waals surface area contributed by atoms with E-state index in [4.69, 9.17) is 11.5 Å². The lowest BCUT2D eigenvalue weighted by molar-refractivity contribution is 0.0811. The van der Waals surface area contributed by atoms with Crippen molar-refractivity contribution in [1.29, 1.82) is 0 Å². The number of anilines is 1. The molecule has 0 amide bonds. The van der Waals surface area contributed by atoms with Crippen molar-refractivity contribution in [3.05, 3.63) is 12.7 Å². The Hall–Kier alpha value is -1.73. The van der Waals surface area contributed by atoms with E-state index in [1.807, 2.05) is 0 Å². The first-order valence-corrected chi connectivity index (χ1v) is 6.52. The van der Waals surface area contributed by atoms with E-state index in [2.05, 4.69) is 15.0 Å². The quantitative estimate of drug-likeness (QED) is 0.735. The maximum Gasteiger partial charge on any atom is 0.167 e. The Morgan fingerprint density at radius 3 is 2.89 bits per heavy atom. The van der Waals surface area contributed by atoms with Crippen LogP contribution in [0.3, 0.4) is 0 Å². The van der Waals surface area contributed by atoms with Crippen LogP contribution in [0.1, 0.15) is 31.9 Å². The molecule has 7 nitrogen and oxygen atoms in total. The van der Waals surface area contributed by atoms with Crippen LogP contribution in [0.15, 0.2) is 12.7 Å². The highest BCUT2D eigenvalue weighted by atomic mass is 16.3. The minimum Gasteiger partial charge on any atom is -0.382 e. The van der Waals surface area contributed by atoms with Gasteiger partial charge in [0.1, 0.15) is 18.1 Å². The van der Waals surface area contributed by atoms with Gasteiger partial charge in [-0.05, 0) is 31.6 Å². The zero-order chi connectivity index (χ0) is 13.4. The van der Waals surface area contributed by atoms with Crippen molar-refractivity contribution in [3.63, 3.8) is 0 Å². The molecule has 2 heterocycles. The Bertz CT molecular complexity index is 577. The van der Waals surface area contributed by atoms with Crippen molar-refractivity contribution < 1.29 is 5.11 Å². The van der Waals surface area contributed by atoms with E-state index in [-0.39, 0.29) is 0 Å². The molecule has 0 radical (unpaired) electrons. The van der Waals surface area contributed by atoms with Crippen LogP contribution in [-0.2, 0) is 0 Å². The molecular formula is C12H18N6O. The third-order valence-electron chi connectivity index (χ3n) is 3.81. The third-order valence-corrected chi connectivity index (χ3v) is 3.81. The molecule has 2 aromatic heterocycles. The van der Waals surface area contributed by atoms with E-state index in [1.165, 1.54) is 6.33 Å². The van der Waals surface area contributed by atoms with E-state index in [0.29, 0.717) is 35.4 Å². The highest BCUT2D eigenvalue weighted by Crippen LogP contribution is 2.32. The fourth-order valence-electron chi connectivity index (χ4n) is 2.63. The summed E-state index contributed by atoms with van der Waals surface area (Å²) in [5, 5.41) is 10.2. The molecule has 102 valence electrons. The van der Waals surface area contributed by atoms with Crippen LogP contribution in [0.2, 0.25) is 0 Å². The molecule has 1 aliphatic rings. The van der Waals surface area contributed by atoms with Crippen LogP contribution in [0, 0.1) is 5.92 Å². The molecule has 3 rings (SSSR count). The lowest BCUT2D eigenvalue weighted by atomic mass is 9.78. The first-order chi connectivity index (χ1) is 9.15. The lowest BCUT2D eigenvalue weighted by Crippen LogP contribution is -2.36. The van der Waals surface area contributed by atoms with E-state index in [9.17, 15) is 5.11 Å². The molecule has 0 spiro atoms. The zero-order valence-electron chi connectivity index (χ0n) is 10.6. The van der Waals surface area contributed by atoms with Gasteiger partial charge < -0.3 is 16.6 Å². The Labute approximate surface area is 110 Å². The Kier molecular flexibility index (Phi) is 3.08. The van der Waals surface area contributed by atoms with Gasteiger partial charge >= 0.3 is 0 Å². The maximum atomic E-state index is 10.2. The molecule has 19 heavy (non-hydrogen) atoms. The van der Waals surface area contributed by atoms with Crippen molar-refractivity contribution in [2.45, 2.75) is 38.0 Å². The number of nitrogens with zero attached hydrogens (tertiary/aromatic N) is 4. The van der Waals surface area contributed by atoms with Crippen molar-refractivity contribution >= 4 is 17.0 Å². The van der Waals surface area contributed by atoms with E-state index < -0.39 is 6.23 Å². The normalized spacial score (nSPS) is 24.3. The predicted molar refractivity (Wildman–Crippen MR) is 70.9 cm³/mol. The summed E-state index contributed by atoms with van der Waals surface area (Å²) in [5.41, 5.74) is 12.6. The molecule has 1 saturated carbocycles. The second-order valence-corrected chi connectivity index (χ2v) is 5.24. The fraction of sp³-hybridized carbons (Fsp3) is 0.583. The van der Waals surface area contributed by atoms with Gasteiger partial charge in [0.15, 0.2) is 11.5 Å². The van der Waals surface area contributed by atoms with Gasteiger partial charge in [0.05, 0.1) is 6.33 Å². The average molecular weight is 262 g/mol. The number of nitrogens with two attached hydrogens (primary N) is 2. The van der Waals surface area contributed by atoms with E-state index >= 15 is 0 Å². The number of nitrogen functional groups attached to an aromatic ring is 1. The summed E-state index contributed by atoms with van der Waals surface area (Å²) in [5.74, 6) is 0.972. The Morgan fingerprint density at radius 2 is 2.16 bits per heavy atom. The largest absolute Gasteiger partial charge is 0.382 e. The monoisotopic (exact) mass is 262 g/mol. The van der Waals surface area contributed by atoms with Crippen molar-refractivity contribution in [1.82, 2.24) is 19.5 Å². The standard InChI is InChI=1S/C12H18N6O/c13-8-3-7(4-8)1-2-9(19)18-6-17-10-11(14)15-5-16-12(10)18/h5-9,19H,1-4,13H2,(H2,14,15,16).